The molecule has 2 atom stereocenters. The summed E-state index contributed by atoms with van der Waals surface area (Å²) < 4.78 is 11.3. The number of carbonyl (C=O) groups is 1. The van der Waals surface area contributed by atoms with Crippen LogP contribution in [0.1, 0.15) is 126 Å². The molecule has 0 aliphatic carbocycles. The molecule has 3 nitrogen and oxygen atoms in total. The Morgan fingerprint density at radius 3 is 1.78 bits per heavy atom. The van der Waals surface area contributed by atoms with Gasteiger partial charge in [-0.25, -0.2) is 4.79 Å². The Morgan fingerprint density at radius 2 is 1.30 bits per heavy atom. The van der Waals surface area contributed by atoms with Gasteiger partial charge in [0.25, 0.3) is 0 Å². The van der Waals surface area contributed by atoms with Crippen LogP contribution >= 0.6 is 0 Å². The Morgan fingerprint density at radius 1 is 0.815 bits per heavy atom. The predicted molar refractivity (Wildman–Crippen MR) is 116 cm³/mol. The minimum Gasteiger partial charge on any atom is -0.431 e. The molecule has 0 saturated carbocycles. The van der Waals surface area contributed by atoms with Gasteiger partial charge in [0, 0.05) is 0 Å². The maximum absolute atomic E-state index is 12.3. The van der Waals surface area contributed by atoms with Gasteiger partial charge in [-0.1, -0.05) is 85.5 Å². The summed E-state index contributed by atoms with van der Waals surface area (Å²) in [6.45, 7) is 14.8. The molecule has 0 aliphatic heterocycles. The molecule has 0 aromatic carbocycles. The normalized spacial score (nSPS) is 14.2. The van der Waals surface area contributed by atoms with Crippen LogP contribution in [0.5, 0.6) is 0 Å². The Kier molecular flexibility index (Phi) is 14.8. The van der Waals surface area contributed by atoms with Crippen molar-refractivity contribution in [2.45, 2.75) is 137 Å². The quantitative estimate of drug-likeness (QED) is 0.198. The number of rotatable bonds is 16. The van der Waals surface area contributed by atoms with Gasteiger partial charge in [-0.3, -0.25) is 0 Å². The summed E-state index contributed by atoms with van der Waals surface area (Å²) in [4.78, 5) is 12.3. The average molecular weight is 385 g/mol. The third kappa shape index (κ3) is 14.9. The van der Waals surface area contributed by atoms with Crippen LogP contribution in [0.2, 0.25) is 0 Å². The predicted octanol–water partition coefficient (Wildman–Crippen LogP) is 8.30. The molecule has 162 valence electrons. The summed E-state index contributed by atoms with van der Waals surface area (Å²) in [6, 6.07) is 0. The van der Waals surface area contributed by atoms with Gasteiger partial charge in [0.1, 0.15) is 11.7 Å². The Hall–Kier alpha value is -0.730. The van der Waals surface area contributed by atoms with Gasteiger partial charge in [0.2, 0.25) is 0 Å². The van der Waals surface area contributed by atoms with E-state index >= 15 is 0 Å². The van der Waals surface area contributed by atoms with Gasteiger partial charge < -0.3 is 9.47 Å². The first-order valence-electron chi connectivity index (χ1n) is 11.6. The lowest BCUT2D eigenvalue weighted by molar-refractivity contribution is -0.0501. The molecule has 0 aliphatic rings. The highest BCUT2D eigenvalue weighted by atomic mass is 16.7. The molecular formula is C24H48O3. The van der Waals surface area contributed by atoms with Crippen molar-refractivity contribution < 1.29 is 14.3 Å². The third-order valence-corrected chi connectivity index (χ3v) is 5.31. The number of hydrogen-bond acceptors (Lipinski definition) is 3. The number of carbonyl (C=O) groups excluding carboxylic acids is 1. The summed E-state index contributed by atoms with van der Waals surface area (Å²) in [6.07, 6.45) is 14.1. The van der Waals surface area contributed by atoms with Crippen molar-refractivity contribution in [3.05, 3.63) is 0 Å². The highest BCUT2D eigenvalue weighted by molar-refractivity contribution is 5.60. The molecule has 0 bridgehead atoms. The van der Waals surface area contributed by atoms with Crippen LogP contribution in [0.4, 0.5) is 4.79 Å². The van der Waals surface area contributed by atoms with Gasteiger partial charge in [-0.05, 0) is 51.9 Å². The van der Waals surface area contributed by atoms with E-state index in [4.69, 9.17) is 9.47 Å². The molecule has 2 unspecified atom stereocenters. The monoisotopic (exact) mass is 384 g/mol. The van der Waals surface area contributed by atoms with Crippen molar-refractivity contribution in [3.8, 4) is 0 Å². The van der Waals surface area contributed by atoms with Crippen LogP contribution in [0.15, 0.2) is 0 Å². The van der Waals surface area contributed by atoms with Gasteiger partial charge in [-0.15, -0.1) is 0 Å². The van der Waals surface area contributed by atoms with E-state index in [9.17, 15) is 4.79 Å². The SMILES string of the molecule is CCCCCCCC(CCCCCC)C(C)OC(=O)OC(C)(C)CC(C)C. The minimum absolute atomic E-state index is 0.0693. The fraction of sp³-hybridized carbons (Fsp3) is 0.958. The van der Waals surface area contributed by atoms with Crippen LogP contribution in [-0.4, -0.2) is 17.9 Å². The fourth-order valence-electron chi connectivity index (χ4n) is 3.98. The molecule has 27 heavy (non-hydrogen) atoms. The van der Waals surface area contributed by atoms with E-state index in [-0.39, 0.29) is 6.10 Å². The first kappa shape index (κ1) is 26.3. The van der Waals surface area contributed by atoms with E-state index in [2.05, 4.69) is 27.7 Å². The topological polar surface area (TPSA) is 35.5 Å². The lowest BCUT2D eigenvalue weighted by atomic mass is 9.90. The van der Waals surface area contributed by atoms with Crippen LogP contribution in [0, 0.1) is 11.8 Å². The Balaban J connectivity index is 4.50. The van der Waals surface area contributed by atoms with Crippen LogP contribution in [-0.2, 0) is 9.47 Å². The standard InChI is InChI=1S/C24H48O3/c1-8-10-12-14-16-18-22(17-15-13-11-9-2)21(5)26-23(25)27-24(6,7)19-20(3)4/h20-22H,8-19H2,1-7H3. The lowest BCUT2D eigenvalue weighted by Gasteiger charge is -2.29. The Bertz CT molecular complexity index is 363. The molecule has 0 spiro atoms. The second kappa shape index (κ2) is 15.2. The van der Waals surface area contributed by atoms with Crippen LogP contribution in [0.3, 0.4) is 0 Å². The van der Waals surface area contributed by atoms with E-state index in [1.54, 1.807) is 0 Å². The summed E-state index contributed by atoms with van der Waals surface area (Å²) in [5, 5.41) is 0. The molecule has 0 aromatic rings. The van der Waals surface area contributed by atoms with Gasteiger partial charge >= 0.3 is 6.16 Å². The number of ether oxygens (including phenoxy) is 2. The first-order valence-corrected chi connectivity index (χ1v) is 11.6. The van der Waals surface area contributed by atoms with Crippen molar-refractivity contribution in [2.24, 2.45) is 11.8 Å². The number of unbranched alkanes of at least 4 members (excludes halogenated alkanes) is 7. The van der Waals surface area contributed by atoms with E-state index in [0.29, 0.717) is 11.8 Å². The van der Waals surface area contributed by atoms with E-state index in [0.717, 1.165) is 19.3 Å². The molecule has 0 heterocycles. The van der Waals surface area contributed by atoms with Crippen LogP contribution < -0.4 is 0 Å². The average Bonchev–Trinajstić information content (AvgIpc) is 2.54. The van der Waals surface area contributed by atoms with Crippen LogP contribution in [0.25, 0.3) is 0 Å². The first-order chi connectivity index (χ1) is 12.7. The zero-order chi connectivity index (χ0) is 20.7. The van der Waals surface area contributed by atoms with Gasteiger partial charge in [0.15, 0.2) is 0 Å². The molecule has 0 rings (SSSR count). The molecule has 3 heteroatoms. The lowest BCUT2D eigenvalue weighted by Crippen LogP contribution is -2.33. The maximum Gasteiger partial charge on any atom is 0.509 e. The van der Waals surface area contributed by atoms with E-state index < -0.39 is 11.8 Å². The third-order valence-electron chi connectivity index (χ3n) is 5.31. The molecular weight excluding hydrogens is 336 g/mol. The van der Waals surface area contributed by atoms with Crippen molar-refractivity contribution in [1.82, 2.24) is 0 Å². The summed E-state index contributed by atoms with van der Waals surface area (Å²) in [5.74, 6) is 0.934. The fourth-order valence-corrected chi connectivity index (χ4v) is 3.98. The van der Waals surface area contributed by atoms with Gasteiger partial charge in [-0.2, -0.15) is 0 Å². The molecule has 0 N–H and O–H groups in total. The zero-order valence-corrected chi connectivity index (χ0v) is 19.4. The smallest absolute Gasteiger partial charge is 0.431 e. The largest absolute Gasteiger partial charge is 0.509 e. The van der Waals surface area contributed by atoms with Gasteiger partial charge in [0.05, 0.1) is 0 Å². The van der Waals surface area contributed by atoms with E-state index in [1.807, 2.05) is 20.8 Å². The highest BCUT2D eigenvalue weighted by Crippen LogP contribution is 2.26. The van der Waals surface area contributed by atoms with E-state index in [1.165, 1.54) is 57.8 Å². The zero-order valence-electron chi connectivity index (χ0n) is 19.4. The summed E-state index contributed by atoms with van der Waals surface area (Å²) in [7, 11) is 0. The summed E-state index contributed by atoms with van der Waals surface area (Å²) in [5.41, 5.74) is -0.470. The second-order valence-electron chi connectivity index (χ2n) is 9.34. The summed E-state index contributed by atoms with van der Waals surface area (Å²) >= 11 is 0. The Labute approximate surface area is 170 Å². The van der Waals surface area contributed by atoms with Crippen molar-refractivity contribution >= 4 is 6.16 Å². The minimum atomic E-state index is -0.502. The van der Waals surface area contributed by atoms with Crippen molar-refractivity contribution in [2.75, 3.05) is 0 Å². The maximum atomic E-state index is 12.3. The highest BCUT2D eigenvalue weighted by Gasteiger charge is 2.28. The molecule has 0 fully saturated rings. The number of hydrogen-bond donors (Lipinski definition) is 0. The molecule has 0 radical (unpaired) electrons. The second-order valence-corrected chi connectivity index (χ2v) is 9.34. The molecule has 0 amide bonds. The molecule has 0 saturated heterocycles. The van der Waals surface area contributed by atoms with Crippen molar-refractivity contribution in [3.63, 3.8) is 0 Å². The van der Waals surface area contributed by atoms with Crippen molar-refractivity contribution in [1.29, 1.82) is 0 Å². The molecule has 0 aromatic heterocycles.